The van der Waals surface area contributed by atoms with Gasteiger partial charge in [0.05, 0.1) is 34.7 Å². The van der Waals surface area contributed by atoms with E-state index in [1.54, 1.807) is 34.9 Å². The van der Waals surface area contributed by atoms with Crippen LogP contribution in [0.4, 0.5) is 5.69 Å². The third-order valence-corrected chi connectivity index (χ3v) is 11.1. The molecule has 1 aliphatic heterocycles. The van der Waals surface area contributed by atoms with E-state index < -0.39 is 18.1 Å². The molecule has 56 heavy (non-hydrogen) atoms. The molecule has 296 valence electrons. The van der Waals surface area contributed by atoms with Crippen LogP contribution in [0.15, 0.2) is 60.7 Å². The molecule has 3 amide bonds. The van der Waals surface area contributed by atoms with Gasteiger partial charge in [0, 0.05) is 70.6 Å². The molecule has 0 aliphatic carbocycles. The lowest BCUT2D eigenvalue weighted by molar-refractivity contribution is -0.150. The number of piperazine rings is 1. The zero-order chi connectivity index (χ0) is 40.3. The molecule has 3 aromatic carbocycles. The second kappa shape index (κ2) is 16.9. The van der Waals surface area contributed by atoms with Gasteiger partial charge in [-0.1, -0.05) is 12.1 Å². The predicted molar refractivity (Wildman–Crippen MR) is 218 cm³/mol. The van der Waals surface area contributed by atoms with Crippen molar-refractivity contribution in [2.24, 2.45) is 0 Å². The van der Waals surface area contributed by atoms with Gasteiger partial charge in [0.1, 0.15) is 29.5 Å². The minimum Gasteiger partial charge on any atom is -0.494 e. The smallest absolute Gasteiger partial charge is 0.245 e. The van der Waals surface area contributed by atoms with Gasteiger partial charge in [0.25, 0.3) is 0 Å². The third-order valence-electron chi connectivity index (χ3n) is 11.1. The fourth-order valence-corrected chi connectivity index (χ4v) is 6.80. The number of nitrogens with one attached hydrogen (secondary N) is 2. The molecule has 1 fully saturated rings. The highest BCUT2D eigenvalue weighted by Gasteiger charge is 2.32. The van der Waals surface area contributed by atoms with Crippen molar-refractivity contribution in [3.63, 3.8) is 0 Å². The number of hydrogen-bond donors (Lipinski definition) is 2. The van der Waals surface area contributed by atoms with Crippen LogP contribution in [0, 0.1) is 0 Å². The second-order valence-electron chi connectivity index (χ2n) is 14.9. The number of benzene rings is 3. The molecule has 1 aliphatic rings. The van der Waals surface area contributed by atoms with Crippen LogP contribution in [0.3, 0.4) is 0 Å². The van der Waals surface area contributed by atoms with Crippen LogP contribution < -0.4 is 9.64 Å². The lowest BCUT2D eigenvalue weighted by Gasteiger charge is -2.34. The number of ketones is 1. The average molecular weight is 764 g/mol. The normalized spacial score (nSPS) is 15.0. The number of fused-ring (bicyclic) bond motifs is 2. The van der Waals surface area contributed by atoms with E-state index in [0.717, 1.165) is 65.2 Å². The number of aromatic nitrogens is 4. The average Bonchev–Trinajstić information content (AvgIpc) is 3.84. The minimum atomic E-state index is -0.800. The number of Topliss-reactive ketones (excluding diaryl/α,β-unsaturated/α-hetero) is 1. The summed E-state index contributed by atoms with van der Waals surface area (Å²) in [6, 6.07) is 18.0. The number of carbonyl (C=O) groups excluding carboxylic acids is 4. The fraction of sp³-hybridized carbons (Fsp3) is 0.429. The summed E-state index contributed by atoms with van der Waals surface area (Å²) in [5, 5.41) is 0. The van der Waals surface area contributed by atoms with Crippen LogP contribution in [0.2, 0.25) is 0 Å². The Kier molecular flexibility index (Phi) is 12.1. The predicted octanol–water partition coefficient (Wildman–Crippen LogP) is 4.81. The van der Waals surface area contributed by atoms with Crippen molar-refractivity contribution in [2.75, 3.05) is 65.9 Å². The van der Waals surface area contributed by atoms with E-state index in [1.165, 1.54) is 34.4 Å². The maximum absolute atomic E-state index is 13.2. The number of carbonyl (C=O) groups is 4. The molecule has 0 unspecified atom stereocenters. The maximum atomic E-state index is 13.2. The van der Waals surface area contributed by atoms with Crippen LogP contribution in [0.5, 0.6) is 5.75 Å². The summed E-state index contributed by atoms with van der Waals surface area (Å²) < 4.78 is 6.02. The van der Waals surface area contributed by atoms with E-state index >= 15 is 0 Å². The molecule has 0 radical (unpaired) electrons. The first-order valence-corrected chi connectivity index (χ1v) is 19.2. The van der Waals surface area contributed by atoms with E-state index in [4.69, 9.17) is 14.7 Å². The van der Waals surface area contributed by atoms with Crippen LogP contribution in [0.25, 0.3) is 44.8 Å². The van der Waals surface area contributed by atoms with Crippen LogP contribution in [-0.2, 0) is 19.2 Å². The van der Waals surface area contributed by atoms with Crippen molar-refractivity contribution in [3.05, 3.63) is 60.7 Å². The molecule has 14 nitrogen and oxygen atoms in total. The van der Waals surface area contributed by atoms with Gasteiger partial charge in [-0.2, -0.15) is 0 Å². The third kappa shape index (κ3) is 8.70. The van der Waals surface area contributed by atoms with Gasteiger partial charge >= 0.3 is 0 Å². The van der Waals surface area contributed by atoms with Crippen molar-refractivity contribution in [1.82, 2.24) is 39.5 Å². The number of nitrogens with zero attached hydrogens (tertiary/aromatic N) is 7. The Labute approximate surface area is 327 Å². The number of anilines is 1. The highest BCUT2D eigenvalue weighted by atomic mass is 16.5. The molecule has 3 atom stereocenters. The molecular formula is C42H53N9O5. The van der Waals surface area contributed by atoms with Gasteiger partial charge in [-0.05, 0) is 89.7 Å². The van der Waals surface area contributed by atoms with E-state index in [-0.39, 0.29) is 29.9 Å². The Morgan fingerprint density at radius 2 is 1.30 bits per heavy atom. The Balaban J connectivity index is 1.02. The molecule has 0 spiro atoms. The zero-order valence-electron chi connectivity index (χ0n) is 33.6. The Morgan fingerprint density at radius 3 is 1.95 bits per heavy atom. The van der Waals surface area contributed by atoms with Gasteiger partial charge in [-0.25, -0.2) is 9.97 Å². The lowest BCUT2D eigenvalue weighted by Crippen LogP contribution is -2.54. The van der Waals surface area contributed by atoms with Crippen molar-refractivity contribution >= 4 is 51.3 Å². The molecule has 0 saturated carbocycles. The molecular weight excluding hydrogens is 711 g/mol. The summed E-state index contributed by atoms with van der Waals surface area (Å²) in [5.74, 6) is 1.08. The second-order valence-corrected chi connectivity index (χ2v) is 14.9. The van der Waals surface area contributed by atoms with E-state index in [1.807, 2.05) is 36.4 Å². The van der Waals surface area contributed by atoms with Gasteiger partial charge in [-0.15, -0.1) is 0 Å². The van der Waals surface area contributed by atoms with Gasteiger partial charge in [0.2, 0.25) is 17.7 Å². The summed E-state index contributed by atoms with van der Waals surface area (Å²) in [4.78, 5) is 76.4. The fourth-order valence-electron chi connectivity index (χ4n) is 6.80. The highest BCUT2D eigenvalue weighted by Crippen LogP contribution is 2.29. The number of aromatic amines is 2. The number of likely N-dealkylation sites (N-methyl/N-ethyl adjacent to an activating group) is 4. The number of rotatable bonds is 14. The van der Waals surface area contributed by atoms with Gasteiger partial charge < -0.3 is 39.2 Å². The standard InChI is InChI=1S/C42H53N9O5/c1-26(29(4)52)49(7)42(55)28(3)50(8)41(54)27(2)48(6)38(53)13-10-22-56-33-12-9-11-30(23-33)39-43-34-16-14-31(24-36(34)45-39)40-44-35-17-15-32(25-37(35)46-40)51-20-18-47(5)19-21-51/h9,11-12,14-17,23-28H,10,13,18-22H2,1-8H3,(H,43,45)(H,44,46)/t26-,27-,28-/m0/s1. The number of amides is 3. The number of H-pyrrole nitrogens is 2. The molecule has 0 bridgehead atoms. The summed E-state index contributed by atoms with van der Waals surface area (Å²) in [7, 11) is 6.82. The number of imidazole rings is 2. The summed E-state index contributed by atoms with van der Waals surface area (Å²) in [5.41, 5.74) is 6.69. The highest BCUT2D eigenvalue weighted by molar-refractivity contribution is 5.93. The topological polar surface area (TPSA) is 151 Å². The Morgan fingerprint density at radius 1 is 0.732 bits per heavy atom. The summed E-state index contributed by atoms with van der Waals surface area (Å²) in [6.07, 6.45) is 0.624. The van der Waals surface area contributed by atoms with Crippen molar-refractivity contribution < 1.29 is 23.9 Å². The molecule has 1 saturated heterocycles. The van der Waals surface area contributed by atoms with E-state index in [0.29, 0.717) is 24.6 Å². The minimum absolute atomic E-state index is 0.145. The summed E-state index contributed by atoms with van der Waals surface area (Å²) in [6.45, 7) is 10.7. The molecule has 2 aromatic heterocycles. The Bertz CT molecular complexity index is 2220. The van der Waals surface area contributed by atoms with Crippen molar-refractivity contribution in [2.45, 2.75) is 58.7 Å². The van der Waals surface area contributed by atoms with Crippen LogP contribution in [-0.4, -0.2) is 142 Å². The van der Waals surface area contributed by atoms with E-state index in [2.05, 4.69) is 51.1 Å². The quantitative estimate of drug-likeness (QED) is 0.152. The molecule has 5 aromatic rings. The number of ether oxygens (including phenoxy) is 1. The van der Waals surface area contributed by atoms with Crippen LogP contribution in [0.1, 0.15) is 40.5 Å². The van der Waals surface area contributed by atoms with E-state index in [9.17, 15) is 19.2 Å². The molecule has 14 heteroatoms. The molecule has 6 rings (SSSR count). The molecule has 2 N–H and O–H groups in total. The van der Waals surface area contributed by atoms with Gasteiger partial charge in [-0.3, -0.25) is 19.2 Å². The van der Waals surface area contributed by atoms with Crippen molar-refractivity contribution in [3.8, 4) is 28.5 Å². The first kappa shape index (κ1) is 39.9. The first-order chi connectivity index (χ1) is 26.7. The SMILES string of the molecule is CC(=O)[C@H](C)N(C)C(=O)[C@H](C)N(C)C(=O)[C@H](C)N(C)C(=O)CCCOc1cccc(-c2nc3ccc(-c4nc5ccc(N6CCN(C)CC6)cc5[nH]4)cc3[nH]2)c1. The lowest BCUT2D eigenvalue weighted by atomic mass is 10.1. The summed E-state index contributed by atoms with van der Waals surface area (Å²) >= 11 is 0. The largest absolute Gasteiger partial charge is 0.494 e. The number of hydrogen-bond acceptors (Lipinski definition) is 9. The van der Waals surface area contributed by atoms with Crippen LogP contribution >= 0.6 is 0 Å². The van der Waals surface area contributed by atoms with Crippen molar-refractivity contribution in [1.29, 1.82) is 0 Å². The molecule has 3 heterocycles. The monoisotopic (exact) mass is 763 g/mol. The zero-order valence-corrected chi connectivity index (χ0v) is 33.6. The Hall–Kier alpha value is -5.76. The first-order valence-electron chi connectivity index (χ1n) is 19.2. The maximum Gasteiger partial charge on any atom is 0.245 e. The van der Waals surface area contributed by atoms with Gasteiger partial charge in [0.15, 0.2) is 5.78 Å².